The van der Waals surface area contributed by atoms with E-state index in [9.17, 15) is 22.0 Å². The summed E-state index contributed by atoms with van der Waals surface area (Å²) in [6.45, 7) is 0. The van der Waals surface area contributed by atoms with Crippen LogP contribution in [0.1, 0.15) is 31.2 Å². The molecule has 0 aliphatic heterocycles. The standard InChI is InChI=1S/C15H16BrF5/c16-12(8-9-4-3-7-13(17)14(9)18)10-5-1-2-6-11(10)15(19,20)21/h3-4,7,10-12H,1-2,5-6,8H2. The van der Waals surface area contributed by atoms with Gasteiger partial charge in [0.25, 0.3) is 0 Å². The van der Waals surface area contributed by atoms with Crippen LogP contribution in [-0.2, 0) is 6.42 Å². The number of alkyl halides is 4. The van der Waals surface area contributed by atoms with E-state index in [1.54, 1.807) is 0 Å². The Morgan fingerprint density at radius 3 is 2.48 bits per heavy atom. The topological polar surface area (TPSA) is 0 Å². The van der Waals surface area contributed by atoms with Crippen LogP contribution in [0, 0.1) is 23.5 Å². The largest absolute Gasteiger partial charge is 0.392 e. The van der Waals surface area contributed by atoms with Crippen LogP contribution in [0.15, 0.2) is 18.2 Å². The molecule has 0 saturated heterocycles. The molecule has 1 aromatic carbocycles. The molecule has 1 aromatic rings. The van der Waals surface area contributed by atoms with Crippen LogP contribution in [0.25, 0.3) is 0 Å². The highest BCUT2D eigenvalue weighted by atomic mass is 79.9. The fourth-order valence-corrected chi connectivity index (χ4v) is 4.05. The van der Waals surface area contributed by atoms with Crippen molar-refractivity contribution < 1.29 is 22.0 Å². The summed E-state index contributed by atoms with van der Waals surface area (Å²) in [5, 5.41) is 0. The Labute approximate surface area is 128 Å². The maximum absolute atomic E-state index is 13.6. The fraction of sp³-hybridized carbons (Fsp3) is 0.600. The first kappa shape index (κ1) is 16.7. The summed E-state index contributed by atoms with van der Waals surface area (Å²) in [5.74, 6) is -3.90. The van der Waals surface area contributed by atoms with Crippen molar-refractivity contribution in [3.63, 3.8) is 0 Å². The zero-order chi connectivity index (χ0) is 15.6. The van der Waals surface area contributed by atoms with E-state index in [4.69, 9.17) is 0 Å². The summed E-state index contributed by atoms with van der Waals surface area (Å²) >= 11 is 3.28. The highest BCUT2D eigenvalue weighted by Crippen LogP contribution is 2.45. The lowest BCUT2D eigenvalue weighted by Gasteiger charge is -2.36. The van der Waals surface area contributed by atoms with Gasteiger partial charge < -0.3 is 0 Å². The van der Waals surface area contributed by atoms with Crippen LogP contribution in [0.5, 0.6) is 0 Å². The summed E-state index contributed by atoms with van der Waals surface area (Å²) in [7, 11) is 0. The van der Waals surface area contributed by atoms with Crippen molar-refractivity contribution in [3.05, 3.63) is 35.4 Å². The second-order valence-corrected chi connectivity index (χ2v) is 6.71. The Bertz CT molecular complexity index is 485. The molecule has 3 unspecified atom stereocenters. The molecule has 3 atom stereocenters. The van der Waals surface area contributed by atoms with Gasteiger partial charge in [-0.3, -0.25) is 0 Å². The molecular weight excluding hydrogens is 355 g/mol. The lowest BCUT2D eigenvalue weighted by atomic mass is 9.76. The second kappa shape index (κ2) is 6.63. The number of halogens is 6. The van der Waals surface area contributed by atoms with Crippen molar-refractivity contribution in [1.29, 1.82) is 0 Å². The minimum Gasteiger partial charge on any atom is -0.204 e. The number of hydrogen-bond donors (Lipinski definition) is 0. The van der Waals surface area contributed by atoms with Crippen LogP contribution in [0.2, 0.25) is 0 Å². The normalized spacial score (nSPS) is 24.9. The van der Waals surface area contributed by atoms with Gasteiger partial charge in [-0.05, 0) is 36.8 Å². The summed E-state index contributed by atoms with van der Waals surface area (Å²) in [5.41, 5.74) is 0.114. The first-order valence-electron chi connectivity index (χ1n) is 6.94. The van der Waals surface area contributed by atoms with E-state index < -0.39 is 34.5 Å². The van der Waals surface area contributed by atoms with Gasteiger partial charge in [-0.2, -0.15) is 13.2 Å². The van der Waals surface area contributed by atoms with Gasteiger partial charge in [0.1, 0.15) is 0 Å². The molecule has 6 heteroatoms. The highest BCUT2D eigenvalue weighted by molar-refractivity contribution is 9.09. The molecule has 0 spiro atoms. The van der Waals surface area contributed by atoms with Crippen molar-refractivity contribution in [1.82, 2.24) is 0 Å². The fourth-order valence-electron chi connectivity index (χ4n) is 3.07. The van der Waals surface area contributed by atoms with Crippen LogP contribution in [0.4, 0.5) is 22.0 Å². The molecular formula is C15H16BrF5. The van der Waals surface area contributed by atoms with Crippen molar-refractivity contribution >= 4 is 15.9 Å². The predicted molar refractivity (Wildman–Crippen MR) is 74.3 cm³/mol. The molecule has 1 saturated carbocycles. The third-order valence-corrected chi connectivity index (χ3v) is 5.15. The van der Waals surface area contributed by atoms with Crippen LogP contribution in [-0.4, -0.2) is 11.0 Å². The molecule has 0 radical (unpaired) electrons. The smallest absolute Gasteiger partial charge is 0.204 e. The average Bonchev–Trinajstić information content (AvgIpc) is 2.43. The lowest BCUT2D eigenvalue weighted by molar-refractivity contribution is -0.196. The Hall–Kier alpha value is -0.650. The van der Waals surface area contributed by atoms with E-state index in [1.165, 1.54) is 12.1 Å². The van der Waals surface area contributed by atoms with Gasteiger partial charge in [-0.1, -0.05) is 40.9 Å². The van der Waals surface area contributed by atoms with Crippen LogP contribution < -0.4 is 0 Å². The van der Waals surface area contributed by atoms with Crippen LogP contribution >= 0.6 is 15.9 Å². The van der Waals surface area contributed by atoms with Crippen molar-refractivity contribution in [2.24, 2.45) is 11.8 Å². The molecule has 21 heavy (non-hydrogen) atoms. The molecule has 0 N–H and O–H groups in total. The van der Waals surface area contributed by atoms with E-state index in [2.05, 4.69) is 15.9 Å². The SMILES string of the molecule is Fc1cccc(CC(Br)C2CCCCC2C(F)(F)F)c1F. The van der Waals surface area contributed by atoms with Gasteiger partial charge in [0, 0.05) is 4.83 Å². The molecule has 0 nitrogen and oxygen atoms in total. The molecule has 0 heterocycles. The minimum atomic E-state index is -4.24. The van der Waals surface area contributed by atoms with E-state index in [-0.39, 0.29) is 18.4 Å². The monoisotopic (exact) mass is 370 g/mol. The molecule has 1 aliphatic carbocycles. The van der Waals surface area contributed by atoms with Gasteiger partial charge in [0.05, 0.1) is 5.92 Å². The van der Waals surface area contributed by atoms with Crippen molar-refractivity contribution in [2.75, 3.05) is 0 Å². The molecule has 1 fully saturated rings. The summed E-state index contributed by atoms with van der Waals surface area (Å²) in [4.78, 5) is -0.513. The number of hydrogen-bond acceptors (Lipinski definition) is 0. The molecule has 118 valence electrons. The summed E-state index contributed by atoms with van der Waals surface area (Å²) in [6.07, 6.45) is -2.31. The quantitative estimate of drug-likeness (QED) is 0.477. The van der Waals surface area contributed by atoms with Crippen LogP contribution in [0.3, 0.4) is 0 Å². The van der Waals surface area contributed by atoms with Gasteiger partial charge in [-0.25, -0.2) is 8.78 Å². The number of benzene rings is 1. The lowest BCUT2D eigenvalue weighted by Crippen LogP contribution is -2.38. The Balaban J connectivity index is 2.14. The molecule has 0 amide bonds. The van der Waals surface area contributed by atoms with Crippen molar-refractivity contribution in [2.45, 2.75) is 43.1 Å². The highest BCUT2D eigenvalue weighted by Gasteiger charge is 2.47. The zero-order valence-electron chi connectivity index (χ0n) is 11.3. The van der Waals surface area contributed by atoms with Gasteiger partial charge >= 0.3 is 6.18 Å². The molecule has 1 aliphatic rings. The third kappa shape index (κ3) is 3.96. The van der Waals surface area contributed by atoms with Gasteiger partial charge in [0.2, 0.25) is 0 Å². The molecule has 2 rings (SSSR count). The maximum atomic E-state index is 13.6. The zero-order valence-corrected chi connectivity index (χ0v) is 12.9. The molecule has 0 aromatic heterocycles. The second-order valence-electron chi connectivity index (χ2n) is 5.53. The maximum Gasteiger partial charge on any atom is 0.392 e. The Kier molecular flexibility index (Phi) is 5.28. The first-order valence-corrected chi connectivity index (χ1v) is 7.86. The average molecular weight is 371 g/mol. The summed E-state index contributed by atoms with van der Waals surface area (Å²) < 4.78 is 66.0. The van der Waals surface area contributed by atoms with E-state index >= 15 is 0 Å². The van der Waals surface area contributed by atoms with E-state index in [0.29, 0.717) is 12.8 Å². The van der Waals surface area contributed by atoms with Crippen molar-refractivity contribution in [3.8, 4) is 0 Å². The predicted octanol–water partition coefficient (Wildman–Crippen LogP) is 5.64. The Morgan fingerprint density at radius 2 is 1.81 bits per heavy atom. The van der Waals surface area contributed by atoms with E-state index in [0.717, 1.165) is 12.5 Å². The third-order valence-electron chi connectivity index (χ3n) is 4.15. The van der Waals surface area contributed by atoms with E-state index in [1.807, 2.05) is 0 Å². The first-order chi connectivity index (χ1) is 9.80. The number of rotatable bonds is 3. The Morgan fingerprint density at radius 1 is 1.14 bits per heavy atom. The molecule has 0 bridgehead atoms. The minimum absolute atomic E-state index is 0.0564. The van der Waals surface area contributed by atoms with Gasteiger partial charge in [0.15, 0.2) is 11.6 Å². The summed E-state index contributed by atoms with van der Waals surface area (Å²) in [6, 6.07) is 3.79. The van der Waals surface area contributed by atoms with Gasteiger partial charge in [-0.15, -0.1) is 0 Å².